The van der Waals surface area contributed by atoms with E-state index in [-0.39, 0.29) is 5.69 Å². The molecule has 1 saturated heterocycles. The van der Waals surface area contributed by atoms with E-state index in [0.29, 0.717) is 5.69 Å². The van der Waals surface area contributed by atoms with Crippen molar-refractivity contribution in [1.82, 2.24) is 0 Å². The van der Waals surface area contributed by atoms with Gasteiger partial charge in [0.1, 0.15) is 5.82 Å². The second kappa shape index (κ2) is 7.12. The van der Waals surface area contributed by atoms with Gasteiger partial charge in [-0.05, 0) is 49.2 Å². The monoisotopic (exact) mass is 327 g/mol. The van der Waals surface area contributed by atoms with Crippen LogP contribution in [-0.2, 0) is 9.59 Å². The van der Waals surface area contributed by atoms with Gasteiger partial charge in [0, 0.05) is 24.5 Å². The van der Waals surface area contributed by atoms with E-state index in [1.165, 1.54) is 31.0 Å². The summed E-state index contributed by atoms with van der Waals surface area (Å²) in [6.45, 7) is 2.08. The third-order valence-electron chi connectivity index (χ3n) is 3.92. The number of hydrogen-bond donors (Lipinski definition) is 2. The highest BCUT2D eigenvalue weighted by molar-refractivity contribution is 6.43. The van der Waals surface area contributed by atoms with E-state index in [9.17, 15) is 14.0 Å². The number of carbonyl (C=O) groups is 2. The van der Waals surface area contributed by atoms with Crippen LogP contribution in [0.15, 0.2) is 48.5 Å². The molecule has 3 rings (SSSR count). The first kappa shape index (κ1) is 16.0. The van der Waals surface area contributed by atoms with Gasteiger partial charge in [0.05, 0.1) is 5.69 Å². The van der Waals surface area contributed by atoms with Crippen molar-refractivity contribution in [3.63, 3.8) is 0 Å². The summed E-state index contributed by atoms with van der Waals surface area (Å²) < 4.78 is 13.5. The van der Waals surface area contributed by atoms with E-state index in [1.54, 1.807) is 18.2 Å². The highest BCUT2D eigenvalue weighted by Gasteiger charge is 2.16. The summed E-state index contributed by atoms with van der Waals surface area (Å²) in [5.41, 5.74) is 1.59. The number of nitrogens with zero attached hydrogens (tertiary/aromatic N) is 1. The first-order chi connectivity index (χ1) is 11.6. The largest absolute Gasteiger partial charge is 0.372 e. The van der Waals surface area contributed by atoms with Gasteiger partial charge in [0.15, 0.2) is 0 Å². The topological polar surface area (TPSA) is 61.4 Å². The SMILES string of the molecule is O=C(Nc1ccc(N2CCCC2)cc1)C(=O)Nc1ccccc1F. The zero-order valence-electron chi connectivity index (χ0n) is 13.1. The Hall–Kier alpha value is -2.89. The molecule has 5 nitrogen and oxygen atoms in total. The summed E-state index contributed by atoms with van der Waals surface area (Å²) in [4.78, 5) is 26.0. The third-order valence-corrected chi connectivity index (χ3v) is 3.92. The average Bonchev–Trinajstić information content (AvgIpc) is 3.12. The van der Waals surface area contributed by atoms with Crippen molar-refractivity contribution in [2.24, 2.45) is 0 Å². The maximum absolute atomic E-state index is 13.5. The van der Waals surface area contributed by atoms with Crippen molar-refractivity contribution >= 4 is 28.9 Å². The Morgan fingerprint density at radius 3 is 2.17 bits per heavy atom. The summed E-state index contributed by atoms with van der Waals surface area (Å²) in [5.74, 6) is -2.34. The molecule has 124 valence electrons. The summed E-state index contributed by atoms with van der Waals surface area (Å²) in [5, 5.41) is 4.76. The minimum Gasteiger partial charge on any atom is -0.372 e. The molecular weight excluding hydrogens is 309 g/mol. The molecule has 2 amide bonds. The predicted molar refractivity (Wildman–Crippen MR) is 91.5 cm³/mol. The molecule has 0 saturated carbocycles. The fourth-order valence-electron chi connectivity index (χ4n) is 2.66. The number of rotatable bonds is 3. The van der Waals surface area contributed by atoms with E-state index in [2.05, 4.69) is 15.5 Å². The predicted octanol–water partition coefficient (Wildman–Crippen LogP) is 3.00. The molecule has 0 unspecified atom stereocenters. The van der Waals surface area contributed by atoms with Gasteiger partial charge in [-0.15, -0.1) is 0 Å². The van der Waals surface area contributed by atoms with Crippen LogP contribution in [0.4, 0.5) is 21.5 Å². The van der Waals surface area contributed by atoms with Crippen LogP contribution in [0.2, 0.25) is 0 Å². The van der Waals surface area contributed by atoms with Gasteiger partial charge in [-0.25, -0.2) is 4.39 Å². The van der Waals surface area contributed by atoms with Crippen molar-refractivity contribution in [3.05, 3.63) is 54.3 Å². The van der Waals surface area contributed by atoms with Crippen LogP contribution < -0.4 is 15.5 Å². The Kier molecular flexibility index (Phi) is 4.74. The van der Waals surface area contributed by atoms with Crippen molar-refractivity contribution in [2.45, 2.75) is 12.8 Å². The molecule has 1 fully saturated rings. The van der Waals surface area contributed by atoms with Crippen molar-refractivity contribution in [1.29, 1.82) is 0 Å². The molecule has 2 aromatic carbocycles. The van der Waals surface area contributed by atoms with E-state index in [1.807, 2.05) is 12.1 Å². The minimum atomic E-state index is -0.913. The third kappa shape index (κ3) is 3.71. The highest BCUT2D eigenvalue weighted by Crippen LogP contribution is 2.22. The normalized spacial score (nSPS) is 13.6. The highest BCUT2D eigenvalue weighted by atomic mass is 19.1. The number of amides is 2. The van der Waals surface area contributed by atoms with Gasteiger partial charge in [0.25, 0.3) is 0 Å². The average molecular weight is 327 g/mol. The van der Waals surface area contributed by atoms with Crippen LogP contribution in [0.25, 0.3) is 0 Å². The lowest BCUT2D eigenvalue weighted by atomic mass is 10.2. The first-order valence-corrected chi connectivity index (χ1v) is 7.85. The van der Waals surface area contributed by atoms with E-state index in [4.69, 9.17) is 0 Å². The lowest BCUT2D eigenvalue weighted by Gasteiger charge is -2.17. The second-order valence-corrected chi connectivity index (χ2v) is 5.63. The molecule has 1 aliphatic heterocycles. The quantitative estimate of drug-likeness (QED) is 0.852. The summed E-state index contributed by atoms with van der Waals surface area (Å²) in [6, 6.07) is 13.0. The molecule has 0 bridgehead atoms. The van der Waals surface area contributed by atoms with E-state index in [0.717, 1.165) is 18.8 Å². The molecule has 0 spiro atoms. The van der Waals surface area contributed by atoms with Crippen LogP contribution in [-0.4, -0.2) is 24.9 Å². The summed E-state index contributed by atoms with van der Waals surface area (Å²) >= 11 is 0. The van der Waals surface area contributed by atoms with Crippen LogP contribution in [0.3, 0.4) is 0 Å². The molecular formula is C18H18FN3O2. The standard InChI is InChI=1S/C18H18FN3O2/c19-15-5-1-2-6-16(15)21-18(24)17(23)20-13-7-9-14(10-8-13)22-11-3-4-12-22/h1-2,5-10H,3-4,11-12H2,(H,20,23)(H,21,24). The smallest absolute Gasteiger partial charge is 0.314 e. The Bertz CT molecular complexity index is 740. The number of halogens is 1. The summed E-state index contributed by atoms with van der Waals surface area (Å²) in [7, 11) is 0. The number of hydrogen-bond acceptors (Lipinski definition) is 3. The molecule has 0 aliphatic carbocycles. The fraction of sp³-hybridized carbons (Fsp3) is 0.222. The van der Waals surface area contributed by atoms with Crippen molar-refractivity contribution < 1.29 is 14.0 Å². The number of anilines is 3. The lowest BCUT2D eigenvalue weighted by molar-refractivity contribution is -0.133. The molecule has 6 heteroatoms. The van der Waals surface area contributed by atoms with Crippen LogP contribution in [0.1, 0.15) is 12.8 Å². The number of para-hydroxylation sites is 1. The Balaban J connectivity index is 1.59. The fourth-order valence-corrected chi connectivity index (χ4v) is 2.66. The maximum atomic E-state index is 13.5. The molecule has 24 heavy (non-hydrogen) atoms. The maximum Gasteiger partial charge on any atom is 0.314 e. The zero-order valence-corrected chi connectivity index (χ0v) is 13.1. The molecule has 0 aromatic heterocycles. The number of benzene rings is 2. The van der Waals surface area contributed by atoms with E-state index < -0.39 is 17.6 Å². The van der Waals surface area contributed by atoms with Crippen LogP contribution >= 0.6 is 0 Å². The molecule has 1 heterocycles. The number of nitrogens with one attached hydrogen (secondary N) is 2. The molecule has 0 atom stereocenters. The zero-order chi connectivity index (χ0) is 16.9. The molecule has 2 aromatic rings. The van der Waals surface area contributed by atoms with Crippen molar-refractivity contribution in [3.8, 4) is 0 Å². The Labute approximate surface area is 139 Å². The second-order valence-electron chi connectivity index (χ2n) is 5.63. The number of carbonyl (C=O) groups excluding carboxylic acids is 2. The van der Waals surface area contributed by atoms with Gasteiger partial charge in [-0.2, -0.15) is 0 Å². The molecule has 1 aliphatic rings. The molecule has 2 N–H and O–H groups in total. The van der Waals surface area contributed by atoms with Crippen LogP contribution in [0.5, 0.6) is 0 Å². The van der Waals surface area contributed by atoms with Gasteiger partial charge in [0.2, 0.25) is 0 Å². The summed E-state index contributed by atoms with van der Waals surface area (Å²) in [6.07, 6.45) is 2.38. The van der Waals surface area contributed by atoms with Crippen LogP contribution in [0, 0.1) is 5.82 Å². The first-order valence-electron chi connectivity index (χ1n) is 7.85. The Morgan fingerprint density at radius 2 is 1.50 bits per heavy atom. The van der Waals surface area contributed by atoms with Gasteiger partial charge in [-0.1, -0.05) is 12.1 Å². The lowest BCUT2D eigenvalue weighted by Crippen LogP contribution is -2.29. The molecule has 0 radical (unpaired) electrons. The van der Waals surface area contributed by atoms with Gasteiger partial charge in [-0.3, -0.25) is 9.59 Å². The Morgan fingerprint density at radius 1 is 0.875 bits per heavy atom. The minimum absolute atomic E-state index is 0.0259. The van der Waals surface area contributed by atoms with E-state index >= 15 is 0 Å². The van der Waals surface area contributed by atoms with Gasteiger partial charge >= 0.3 is 11.8 Å². The van der Waals surface area contributed by atoms with Gasteiger partial charge < -0.3 is 15.5 Å². The van der Waals surface area contributed by atoms with Crippen molar-refractivity contribution in [2.75, 3.05) is 28.6 Å².